The fraction of sp³-hybridized carbons (Fsp3) is 0.348. The standard InChI is InChI=1S/C23H26N4O4/c1-26(16-21-24-22(25-31-21)19-4-3-5-20(14-19)29-2)23(28)18-8-6-17(7-9-18)15-27-10-12-30-13-11-27/h3-9,14H,10-13,15-16H2,1-2H3. The summed E-state index contributed by atoms with van der Waals surface area (Å²) < 4.78 is 16.0. The summed E-state index contributed by atoms with van der Waals surface area (Å²) in [6.07, 6.45) is 0. The highest BCUT2D eigenvalue weighted by atomic mass is 16.5. The van der Waals surface area contributed by atoms with E-state index in [-0.39, 0.29) is 12.5 Å². The van der Waals surface area contributed by atoms with E-state index in [1.54, 1.807) is 19.1 Å². The van der Waals surface area contributed by atoms with Crippen molar-refractivity contribution in [1.82, 2.24) is 19.9 Å². The molecule has 4 rings (SSSR count). The maximum absolute atomic E-state index is 12.8. The van der Waals surface area contributed by atoms with Crippen molar-refractivity contribution in [2.75, 3.05) is 40.5 Å². The maximum Gasteiger partial charge on any atom is 0.254 e. The molecule has 0 atom stereocenters. The van der Waals surface area contributed by atoms with Crippen LogP contribution in [0.3, 0.4) is 0 Å². The van der Waals surface area contributed by atoms with Crippen molar-refractivity contribution in [2.24, 2.45) is 0 Å². The molecule has 8 nitrogen and oxygen atoms in total. The predicted octanol–water partition coefficient (Wildman–Crippen LogP) is 2.85. The molecule has 0 aliphatic carbocycles. The molecule has 0 N–H and O–H groups in total. The topological polar surface area (TPSA) is 80.9 Å². The molecule has 0 radical (unpaired) electrons. The summed E-state index contributed by atoms with van der Waals surface area (Å²) in [5, 5.41) is 4.02. The summed E-state index contributed by atoms with van der Waals surface area (Å²) in [5.74, 6) is 1.45. The Balaban J connectivity index is 1.36. The summed E-state index contributed by atoms with van der Waals surface area (Å²) in [5.41, 5.74) is 2.60. The molecule has 1 aliphatic heterocycles. The third-order valence-electron chi connectivity index (χ3n) is 5.23. The van der Waals surface area contributed by atoms with Crippen LogP contribution in [0.25, 0.3) is 11.4 Å². The lowest BCUT2D eigenvalue weighted by Gasteiger charge is -2.26. The zero-order valence-electron chi connectivity index (χ0n) is 17.8. The van der Waals surface area contributed by atoms with E-state index < -0.39 is 0 Å². The number of aromatic nitrogens is 2. The molecule has 1 aromatic heterocycles. The summed E-state index contributed by atoms with van der Waals surface area (Å²) >= 11 is 0. The molecule has 1 saturated heterocycles. The van der Waals surface area contributed by atoms with E-state index in [0.29, 0.717) is 23.0 Å². The van der Waals surface area contributed by atoms with Crippen molar-refractivity contribution in [3.63, 3.8) is 0 Å². The van der Waals surface area contributed by atoms with Gasteiger partial charge in [-0.25, -0.2) is 0 Å². The van der Waals surface area contributed by atoms with E-state index in [9.17, 15) is 4.79 Å². The molecule has 0 spiro atoms. The van der Waals surface area contributed by atoms with Gasteiger partial charge in [-0.3, -0.25) is 9.69 Å². The number of ether oxygens (including phenoxy) is 2. The molecule has 2 aromatic carbocycles. The number of benzene rings is 2. The lowest BCUT2D eigenvalue weighted by Crippen LogP contribution is -2.35. The SMILES string of the molecule is COc1cccc(-c2noc(CN(C)C(=O)c3ccc(CN4CCOCC4)cc3)n2)c1. The van der Waals surface area contributed by atoms with Crippen molar-refractivity contribution in [3.8, 4) is 17.1 Å². The highest BCUT2D eigenvalue weighted by molar-refractivity contribution is 5.94. The minimum Gasteiger partial charge on any atom is -0.497 e. The number of amides is 1. The normalized spacial score (nSPS) is 14.4. The van der Waals surface area contributed by atoms with Gasteiger partial charge in [0.15, 0.2) is 0 Å². The average molecular weight is 422 g/mol. The highest BCUT2D eigenvalue weighted by Gasteiger charge is 2.17. The van der Waals surface area contributed by atoms with Crippen molar-refractivity contribution < 1.29 is 18.8 Å². The Morgan fingerprint density at radius 3 is 2.68 bits per heavy atom. The Bertz CT molecular complexity index is 1010. The minimum atomic E-state index is -0.0981. The lowest BCUT2D eigenvalue weighted by molar-refractivity contribution is 0.0342. The quantitative estimate of drug-likeness (QED) is 0.579. The van der Waals surface area contributed by atoms with Crippen LogP contribution < -0.4 is 4.74 Å². The Kier molecular flexibility index (Phi) is 6.59. The van der Waals surface area contributed by atoms with Gasteiger partial charge in [-0.1, -0.05) is 29.4 Å². The van der Waals surface area contributed by atoms with Crippen LogP contribution in [0, 0.1) is 0 Å². The maximum atomic E-state index is 12.8. The van der Waals surface area contributed by atoms with Crippen molar-refractivity contribution in [1.29, 1.82) is 0 Å². The summed E-state index contributed by atoms with van der Waals surface area (Å²) in [6.45, 7) is 4.51. The van der Waals surface area contributed by atoms with Gasteiger partial charge in [0.25, 0.3) is 5.91 Å². The van der Waals surface area contributed by atoms with E-state index in [1.807, 2.05) is 48.5 Å². The Hall–Kier alpha value is -3.23. The second-order valence-corrected chi connectivity index (χ2v) is 7.49. The van der Waals surface area contributed by atoms with Crippen LogP contribution in [0.2, 0.25) is 0 Å². The fourth-order valence-electron chi connectivity index (χ4n) is 3.46. The van der Waals surface area contributed by atoms with Gasteiger partial charge in [0.1, 0.15) is 5.75 Å². The molecule has 1 fully saturated rings. The molecule has 162 valence electrons. The molecule has 1 amide bonds. The van der Waals surface area contributed by atoms with Gasteiger partial charge < -0.3 is 18.9 Å². The molecule has 31 heavy (non-hydrogen) atoms. The third-order valence-corrected chi connectivity index (χ3v) is 5.23. The number of rotatable bonds is 7. The zero-order chi connectivity index (χ0) is 21.6. The van der Waals surface area contributed by atoms with E-state index in [0.717, 1.165) is 38.4 Å². The molecule has 8 heteroatoms. The minimum absolute atomic E-state index is 0.0981. The molecule has 2 heterocycles. The first-order valence-electron chi connectivity index (χ1n) is 10.2. The Labute approximate surface area is 181 Å². The Morgan fingerprint density at radius 1 is 1.16 bits per heavy atom. The van der Waals surface area contributed by atoms with Crippen LogP contribution in [-0.2, 0) is 17.8 Å². The number of hydrogen-bond acceptors (Lipinski definition) is 7. The van der Waals surface area contributed by atoms with Crippen LogP contribution >= 0.6 is 0 Å². The fourth-order valence-corrected chi connectivity index (χ4v) is 3.46. The van der Waals surface area contributed by atoms with Gasteiger partial charge in [0.05, 0.1) is 26.9 Å². The van der Waals surface area contributed by atoms with Crippen molar-refractivity contribution in [2.45, 2.75) is 13.1 Å². The molecular formula is C23H26N4O4. The van der Waals surface area contributed by atoms with Gasteiger partial charge in [-0.15, -0.1) is 0 Å². The second kappa shape index (κ2) is 9.72. The third kappa shape index (κ3) is 5.28. The van der Waals surface area contributed by atoms with E-state index in [2.05, 4.69) is 15.0 Å². The first-order valence-corrected chi connectivity index (χ1v) is 10.2. The van der Waals surface area contributed by atoms with Crippen molar-refractivity contribution in [3.05, 3.63) is 65.5 Å². The average Bonchev–Trinajstić information content (AvgIpc) is 3.28. The van der Waals surface area contributed by atoms with Gasteiger partial charge >= 0.3 is 0 Å². The summed E-state index contributed by atoms with van der Waals surface area (Å²) in [4.78, 5) is 21.1. The summed E-state index contributed by atoms with van der Waals surface area (Å²) in [7, 11) is 3.33. The van der Waals surface area contributed by atoms with Crippen LogP contribution in [0.15, 0.2) is 53.1 Å². The zero-order valence-corrected chi connectivity index (χ0v) is 17.8. The first-order chi connectivity index (χ1) is 15.1. The van der Waals surface area contributed by atoms with Crippen LogP contribution in [0.5, 0.6) is 5.75 Å². The number of morpholine rings is 1. The molecule has 1 aliphatic rings. The molecule has 0 unspecified atom stereocenters. The van der Waals surface area contributed by atoms with Gasteiger partial charge in [-0.05, 0) is 29.8 Å². The molecule has 0 saturated carbocycles. The van der Waals surface area contributed by atoms with Gasteiger partial charge in [0, 0.05) is 37.8 Å². The van der Waals surface area contributed by atoms with Crippen LogP contribution in [0.1, 0.15) is 21.8 Å². The number of carbonyl (C=O) groups excluding carboxylic acids is 1. The molecular weight excluding hydrogens is 396 g/mol. The largest absolute Gasteiger partial charge is 0.497 e. The van der Waals surface area contributed by atoms with Crippen LogP contribution in [0.4, 0.5) is 0 Å². The second-order valence-electron chi connectivity index (χ2n) is 7.49. The summed E-state index contributed by atoms with van der Waals surface area (Å²) in [6, 6.07) is 15.2. The first kappa shape index (κ1) is 21.0. The number of methoxy groups -OCH3 is 1. The number of carbonyl (C=O) groups is 1. The van der Waals surface area contributed by atoms with Crippen molar-refractivity contribution >= 4 is 5.91 Å². The number of hydrogen-bond donors (Lipinski definition) is 0. The highest BCUT2D eigenvalue weighted by Crippen LogP contribution is 2.21. The van der Waals surface area contributed by atoms with E-state index in [4.69, 9.17) is 14.0 Å². The van der Waals surface area contributed by atoms with Gasteiger partial charge in [-0.2, -0.15) is 4.98 Å². The smallest absolute Gasteiger partial charge is 0.254 e. The van der Waals surface area contributed by atoms with Crippen LogP contribution in [-0.4, -0.2) is 66.3 Å². The Morgan fingerprint density at radius 2 is 1.94 bits per heavy atom. The monoisotopic (exact) mass is 422 g/mol. The van der Waals surface area contributed by atoms with E-state index in [1.165, 1.54) is 5.56 Å². The molecule has 3 aromatic rings. The lowest BCUT2D eigenvalue weighted by atomic mass is 10.1. The molecule has 0 bridgehead atoms. The predicted molar refractivity (Wildman–Crippen MR) is 115 cm³/mol. The van der Waals surface area contributed by atoms with Gasteiger partial charge in [0.2, 0.25) is 11.7 Å². The number of nitrogens with zero attached hydrogens (tertiary/aromatic N) is 4. The van der Waals surface area contributed by atoms with E-state index >= 15 is 0 Å².